The van der Waals surface area contributed by atoms with E-state index in [1.165, 1.54) is 60.0 Å². The van der Waals surface area contributed by atoms with Crippen molar-refractivity contribution in [2.24, 2.45) is 0 Å². The summed E-state index contributed by atoms with van der Waals surface area (Å²) >= 11 is 11.2. The molecule has 0 bridgehead atoms. The Labute approximate surface area is 229 Å². The molecule has 170 valence electrons. The van der Waals surface area contributed by atoms with Crippen LogP contribution in [-0.4, -0.2) is 0 Å². The van der Waals surface area contributed by atoms with Gasteiger partial charge in [-0.05, 0) is 71.8 Å². The number of thioether (sulfide) groups is 1. The van der Waals surface area contributed by atoms with Gasteiger partial charge in [0.15, 0.2) is 0 Å². The number of allylic oxidation sites excluding steroid dienone is 2. The second-order valence-corrected chi connectivity index (χ2v) is 14.3. The van der Waals surface area contributed by atoms with Crippen LogP contribution in [0.1, 0.15) is 11.3 Å². The van der Waals surface area contributed by atoms with E-state index in [0.29, 0.717) is 0 Å². The van der Waals surface area contributed by atoms with Gasteiger partial charge in [0.05, 0.1) is 0 Å². The number of fused-ring (bicyclic) bond motifs is 2. The molecule has 6 heteroatoms. The lowest BCUT2D eigenvalue weighted by Crippen LogP contribution is -1.92. The quantitative estimate of drug-likeness (QED) is 0.211. The highest BCUT2D eigenvalue weighted by Crippen LogP contribution is 2.53. The van der Waals surface area contributed by atoms with Gasteiger partial charge in [0.2, 0.25) is 0 Å². The van der Waals surface area contributed by atoms with E-state index in [2.05, 4.69) is 95.7 Å². The Kier molecular flexibility index (Phi) is 6.05. The van der Waals surface area contributed by atoms with E-state index in [1.54, 1.807) is 0 Å². The summed E-state index contributed by atoms with van der Waals surface area (Å²) in [5, 5.41) is 4.37. The fourth-order valence-electron chi connectivity index (χ4n) is 4.19. The topological polar surface area (TPSA) is 0 Å². The molecule has 0 fully saturated rings. The largest absolute Gasteiger partial charge is 0.143 e. The van der Waals surface area contributed by atoms with Gasteiger partial charge in [-0.15, -0.1) is 34.0 Å². The lowest BCUT2D eigenvalue weighted by atomic mass is 10.0. The summed E-state index contributed by atoms with van der Waals surface area (Å²) in [5.74, 6) is 0. The Bertz CT molecular complexity index is 1600. The van der Waals surface area contributed by atoms with Crippen molar-refractivity contribution < 1.29 is 0 Å². The summed E-state index contributed by atoms with van der Waals surface area (Å²) in [6, 6.07) is 27.2. The Balaban J connectivity index is 1.36. The number of hydrogen-bond acceptors (Lipinski definition) is 6. The van der Waals surface area contributed by atoms with Gasteiger partial charge in [-0.1, -0.05) is 65.6 Å². The fourth-order valence-corrected chi connectivity index (χ4v) is 10.3. The van der Waals surface area contributed by atoms with Crippen LogP contribution in [0.3, 0.4) is 0 Å². The summed E-state index contributed by atoms with van der Waals surface area (Å²) in [6.45, 7) is 0. The first-order valence-corrected chi connectivity index (χ1v) is 16.2. The zero-order valence-electron chi connectivity index (χ0n) is 18.4. The molecule has 0 saturated heterocycles. The van der Waals surface area contributed by atoms with Gasteiger partial charge in [-0.25, -0.2) is 0 Å². The van der Waals surface area contributed by atoms with Crippen LogP contribution in [0, 0.1) is 0 Å². The van der Waals surface area contributed by atoms with Crippen LogP contribution in [-0.2, 0) is 0 Å². The minimum atomic E-state index is 1.02. The van der Waals surface area contributed by atoms with E-state index >= 15 is 0 Å². The molecule has 0 nitrogen and oxygen atoms in total. The average Bonchev–Trinajstić information content (AvgIpc) is 3.68. The molecular weight excluding hydrogens is 541 g/mol. The second kappa shape index (κ2) is 9.51. The second-order valence-electron chi connectivity index (χ2n) is 8.09. The maximum absolute atomic E-state index is 2.43. The van der Waals surface area contributed by atoms with Crippen molar-refractivity contribution in [3.8, 4) is 30.6 Å². The molecule has 7 rings (SSSR count). The van der Waals surface area contributed by atoms with Crippen molar-refractivity contribution in [1.82, 2.24) is 0 Å². The molecule has 0 N–H and O–H groups in total. The van der Waals surface area contributed by atoms with Gasteiger partial charge in [-0.3, -0.25) is 0 Å². The van der Waals surface area contributed by atoms with Crippen LogP contribution in [0.5, 0.6) is 0 Å². The molecule has 0 radical (unpaired) electrons. The van der Waals surface area contributed by atoms with Gasteiger partial charge in [0, 0.05) is 60.0 Å². The maximum Gasteiger partial charge on any atom is 0.0449 e. The van der Waals surface area contributed by atoms with Crippen LogP contribution in [0.25, 0.3) is 35.5 Å². The third-order valence-corrected chi connectivity index (χ3v) is 12.8. The van der Waals surface area contributed by atoms with E-state index in [-0.39, 0.29) is 0 Å². The normalized spacial score (nSPS) is 14.5. The Morgan fingerprint density at radius 3 is 1.86 bits per heavy atom. The van der Waals surface area contributed by atoms with Crippen LogP contribution in [0.2, 0.25) is 0 Å². The number of rotatable bonds is 4. The molecule has 2 aliphatic rings. The highest BCUT2D eigenvalue weighted by molar-refractivity contribution is 8.11. The molecule has 0 spiro atoms. The number of thiophene rings is 3. The fraction of sp³-hybridized carbons (Fsp3) is 0.0345. The van der Waals surface area contributed by atoms with Crippen molar-refractivity contribution in [1.29, 1.82) is 0 Å². The molecule has 2 aromatic carbocycles. The smallest absolute Gasteiger partial charge is 0.0449 e. The molecule has 0 atom stereocenters. The molecular formula is C29H18S6. The monoisotopic (exact) mass is 558 g/mol. The first-order chi connectivity index (χ1) is 17.3. The van der Waals surface area contributed by atoms with Gasteiger partial charge in [0.25, 0.3) is 0 Å². The van der Waals surface area contributed by atoms with Gasteiger partial charge >= 0.3 is 0 Å². The molecule has 35 heavy (non-hydrogen) atoms. The minimum absolute atomic E-state index is 1.02. The Morgan fingerprint density at radius 2 is 1.23 bits per heavy atom. The van der Waals surface area contributed by atoms with Crippen molar-refractivity contribution in [2.45, 2.75) is 26.0 Å². The van der Waals surface area contributed by atoms with Crippen LogP contribution < -0.4 is 0 Å². The summed E-state index contributed by atoms with van der Waals surface area (Å²) in [6.07, 6.45) is 5.58. The molecule has 0 amide bonds. The van der Waals surface area contributed by atoms with Crippen LogP contribution >= 0.6 is 69.3 Å². The van der Waals surface area contributed by atoms with E-state index in [1.807, 2.05) is 69.3 Å². The molecule has 5 aromatic rings. The highest BCUT2D eigenvalue weighted by Gasteiger charge is 2.22. The molecule has 3 aromatic heterocycles. The summed E-state index contributed by atoms with van der Waals surface area (Å²) in [7, 11) is 0. The maximum atomic E-state index is 2.43. The zero-order valence-corrected chi connectivity index (χ0v) is 23.3. The van der Waals surface area contributed by atoms with Crippen LogP contribution in [0.4, 0.5) is 0 Å². The van der Waals surface area contributed by atoms with Gasteiger partial charge in [-0.2, -0.15) is 0 Å². The van der Waals surface area contributed by atoms with Crippen LogP contribution in [0.15, 0.2) is 115 Å². The van der Waals surface area contributed by atoms with Crippen molar-refractivity contribution in [2.75, 3.05) is 0 Å². The third-order valence-electron chi connectivity index (χ3n) is 5.85. The zero-order chi connectivity index (χ0) is 23.2. The van der Waals surface area contributed by atoms with E-state index in [9.17, 15) is 0 Å². The lowest BCUT2D eigenvalue weighted by Gasteiger charge is -2.20. The van der Waals surface area contributed by atoms with E-state index in [4.69, 9.17) is 0 Å². The molecule has 5 heterocycles. The van der Waals surface area contributed by atoms with Gasteiger partial charge in [0.1, 0.15) is 0 Å². The SMILES string of the molecule is C1=CSC(c2ccc(-c3cc4c(cc3-c3ccc(-c5cccs5)s3)Sc3ccccc3S4)s2)=CC1. The predicted molar refractivity (Wildman–Crippen MR) is 160 cm³/mol. The minimum Gasteiger partial charge on any atom is -0.143 e. The highest BCUT2D eigenvalue weighted by atomic mass is 32.2. The molecule has 0 aliphatic carbocycles. The van der Waals surface area contributed by atoms with Crippen molar-refractivity contribution in [3.05, 3.63) is 101 Å². The number of hydrogen-bond donors (Lipinski definition) is 0. The van der Waals surface area contributed by atoms with E-state index < -0.39 is 0 Å². The molecule has 0 unspecified atom stereocenters. The average molecular weight is 559 g/mol. The van der Waals surface area contributed by atoms with Crippen molar-refractivity contribution in [3.63, 3.8) is 0 Å². The lowest BCUT2D eigenvalue weighted by molar-refractivity contribution is 1.16. The summed E-state index contributed by atoms with van der Waals surface area (Å²) in [5.41, 5.74) is 2.67. The first-order valence-electron chi connectivity index (χ1n) is 11.2. The summed E-state index contributed by atoms with van der Waals surface area (Å²) < 4.78 is 0. The Morgan fingerprint density at radius 1 is 0.571 bits per heavy atom. The molecule has 2 aliphatic heterocycles. The Hall–Kier alpha value is -1.93. The number of benzene rings is 2. The molecule has 0 saturated carbocycles. The third kappa shape index (κ3) is 4.31. The predicted octanol–water partition coefficient (Wildman–Crippen LogP) is 11.5. The standard InChI is InChI=1S/C29H18S6/c1-2-8-25-24(7-1)34-28-16-18(20-10-12-26(32-20)22-6-3-4-14-30-22)19(17-29(28)35-25)21-11-13-27(33-21)23-9-5-15-31-23/h1-2,4-17H,3H2. The van der Waals surface area contributed by atoms with Crippen molar-refractivity contribution >= 4 is 74.2 Å². The summed E-state index contributed by atoms with van der Waals surface area (Å²) in [4.78, 5) is 13.5. The van der Waals surface area contributed by atoms with Gasteiger partial charge < -0.3 is 0 Å². The van der Waals surface area contributed by atoms with E-state index in [0.717, 1.165) is 6.42 Å². The first kappa shape index (κ1) is 22.3.